The summed E-state index contributed by atoms with van der Waals surface area (Å²) in [5, 5.41) is 6.70. The number of para-hydroxylation sites is 3. The molecule has 0 aliphatic carbocycles. The Hall–Kier alpha value is -2.69. The molecule has 24 heavy (non-hydrogen) atoms. The van der Waals surface area contributed by atoms with E-state index in [2.05, 4.69) is 21.1 Å². The van der Waals surface area contributed by atoms with Crippen LogP contribution in [0.4, 0.5) is 5.69 Å². The molecule has 0 amide bonds. The topological polar surface area (TPSA) is 37.3 Å². The molecule has 126 valence electrons. The standard InChI is InChI=1S/C19H23N3O2/c1-23-18-9-5-3-7-16(18)15-20-22-13-11-21(12-14-22)17-8-4-6-10-19(17)24-2/h3-10,15H,11-14H2,1-2H3. The number of benzene rings is 2. The summed E-state index contributed by atoms with van der Waals surface area (Å²) >= 11 is 0. The quantitative estimate of drug-likeness (QED) is 0.792. The van der Waals surface area contributed by atoms with E-state index < -0.39 is 0 Å². The maximum absolute atomic E-state index is 5.46. The monoisotopic (exact) mass is 325 g/mol. The lowest BCUT2D eigenvalue weighted by atomic mass is 10.2. The Balaban J connectivity index is 1.62. The van der Waals surface area contributed by atoms with Gasteiger partial charge in [-0.25, -0.2) is 0 Å². The molecule has 5 heteroatoms. The van der Waals surface area contributed by atoms with Crippen LogP contribution in [0.25, 0.3) is 0 Å². The van der Waals surface area contributed by atoms with Gasteiger partial charge in [-0.05, 0) is 24.3 Å². The van der Waals surface area contributed by atoms with Crippen molar-refractivity contribution in [3.8, 4) is 11.5 Å². The van der Waals surface area contributed by atoms with Crippen LogP contribution >= 0.6 is 0 Å². The molecular weight excluding hydrogens is 302 g/mol. The molecule has 0 N–H and O–H groups in total. The highest BCUT2D eigenvalue weighted by atomic mass is 16.5. The van der Waals surface area contributed by atoms with Crippen molar-refractivity contribution in [1.82, 2.24) is 5.01 Å². The SMILES string of the molecule is COc1ccccc1C=NN1CCN(c2ccccc2OC)CC1. The third-order valence-corrected chi connectivity index (χ3v) is 4.18. The number of methoxy groups -OCH3 is 2. The molecule has 1 aliphatic heterocycles. The number of ether oxygens (including phenoxy) is 2. The number of hydrazone groups is 1. The van der Waals surface area contributed by atoms with Gasteiger partial charge in [-0.2, -0.15) is 5.10 Å². The van der Waals surface area contributed by atoms with Crippen LogP contribution in [-0.4, -0.2) is 51.6 Å². The molecule has 0 bridgehead atoms. The fourth-order valence-electron chi connectivity index (χ4n) is 2.86. The van der Waals surface area contributed by atoms with Crippen LogP contribution in [0.15, 0.2) is 53.6 Å². The fraction of sp³-hybridized carbons (Fsp3) is 0.316. The van der Waals surface area contributed by atoms with Crippen molar-refractivity contribution in [2.45, 2.75) is 0 Å². The first-order valence-corrected chi connectivity index (χ1v) is 8.11. The van der Waals surface area contributed by atoms with E-state index in [-0.39, 0.29) is 0 Å². The van der Waals surface area contributed by atoms with E-state index in [0.717, 1.165) is 48.9 Å². The molecule has 1 fully saturated rings. The van der Waals surface area contributed by atoms with Gasteiger partial charge < -0.3 is 14.4 Å². The molecule has 0 saturated carbocycles. The van der Waals surface area contributed by atoms with Crippen LogP contribution in [0.5, 0.6) is 11.5 Å². The molecule has 1 saturated heterocycles. The highest BCUT2D eigenvalue weighted by Gasteiger charge is 2.18. The average Bonchev–Trinajstić information content (AvgIpc) is 2.67. The molecule has 5 nitrogen and oxygen atoms in total. The zero-order valence-electron chi connectivity index (χ0n) is 14.2. The molecule has 0 spiro atoms. The van der Waals surface area contributed by atoms with Gasteiger partial charge in [0, 0.05) is 18.7 Å². The summed E-state index contributed by atoms with van der Waals surface area (Å²) < 4.78 is 10.8. The van der Waals surface area contributed by atoms with E-state index in [0.29, 0.717) is 0 Å². The first-order chi connectivity index (χ1) is 11.8. The van der Waals surface area contributed by atoms with Crippen molar-refractivity contribution in [2.24, 2.45) is 5.10 Å². The summed E-state index contributed by atoms with van der Waals surface area (Å²) in [4.78, 5) is 2.34. The molecule has 0 atom stereocenters. The predicted octanol–water partition coefficient (Wildman–Crippen LogP) is 2.86. The van der Waals surface area contributed by atoms with Gasteiger partial charge in [0.2, 0.25) is 0 Å². The van der Waals surface area contributed by atoms with Gasteiger partial charge in [0.1, 0.15) is 11.5 Å². The Morgan fingerprint density at radius 3 is 2.17 bits per heavy atom. The number of rotatable bonds is 5. The normalized spacial score (nSPS) is 14.9. The highest BCUT2D eigenvalue weighted by Crippen LogP contribution is 2.28. The number of hydrogen-bond acceptors (Lipinski definition) is 5. The molecular formula is C19H23N3O2. The minimum Gasteiger partial charge on any atom is -0.496 e. The lowest BCUT2D eigenvalue weighted by Gasteiger charge is -2.35. The van der Waals surface area contributed by atoms with Crippen LogP contribution in [0.3, 0.4) is 0 Å². The van der Waals surface area contributed by atoms with Crippen molar-refractivity contribution in [3.05, 3.63) is 54.1 Å². The van der Waals surface area contributed by atoms with E-state index in [1.165, 1.54) is 0 Å². The molecule has 2 aromatic carbocycles. The van der Waals surface area contributed by atoms with Crippen LogP contribution < -0.4 is 14.4 Å². The number of hydrogen-bond donors (Lipinski definition) is 0. The number of nitrogens with zero attached hydrogens (tertiary/aromatic N) is 3. The van der Waals surface area contributed by atoms with Gasteiger partial charge in [-0.1, -0.05) is 24.3 Å². The Morgan fingerprint density at radius 2 is 1.46 bits per heavy atom. The second-order valence-corrected chi connectivity index (χ2v) is 5.60. The third kappa shape index (κ3) is 3.62. The summed E-state index contributed by atoms with van der Waals surface area (Å²) in [5.41, 5.74) is 2.14. The third-order valence-electron chi connectivity index (χ3n) is 4.18. The Kier molecular flexibility index (Phi) is 5.21. The van der Waals surface area contributed by atoms with Gasteiger partial charge in [-0.15, -0.1) is 0 Å². The lowest BCUT2D eigenvalue weighted by molar-refractivity contribution is 0.271. The lowest BCUT2D eigenvalue weighted by Crippen LogP contribution is -2.44. The minimum absolute atomic E-state index is 0.842. The van der Waals surface area contributed by atoms with Crippen LogP contribution in [0.2, 0.25) is 0 Å². The Morgan fingerprint density at radius 1 is 0.833 bits per heavy atom. The molecule has 0 unspecified atom stereocenters. The van der Waals surface area contributed by atoms with Gasteiger partial charge in [0.25, 0.3) is 0 Å². The first kappa shape index (κ1) is 16.2. The second kappa shape index (κ2) is 7.73. The average molecular weight is 325 g/mol. The van der Waals surface area contributed by atoms with Crippen molar-refractivity contribution < 1.29 is 9.47 Å². The zero-order chi connectivity index (χ0) is 16.8. The summed E-state index contributed by atoms with van der Waals surface area (Å²) in [6.07, 6.45) is 1.87. The Bertz CT molecular complexity index is 695. The van der Waals surface area contributed by atoms with Crippen molar-refractivity contribution in [1.29, 1.82) is 0 Å². The van der Waals surface area contributed by atoms with Crippen LogP contribution in [0, 0.1) is 0 Å². The van der Waals surface area contributed by atoms with Crippen molar-refractivity contribution in [3.63, 3.8) is 0 Å². The van der Waals surface area contributed by atoms with Crippen molar-refractivity contribution >= 4 is 11.9 Å². The molecule has 0 aromatic heterocycles. The Labute approximate surface area is 143 Å². The molecule has 1 heterocycles. The smallest absolute Gasteiger partial charge is 0.142 e. The summed E-state index contributed by atoms with van der Waals surface area (Å²) in [5.74, 6) is 1.76. The van der Waals surface area contributed by atoms with E-state index >= 15 is 0 Å². The molecule has 0 radical (unpaired) electrons. The van der Waals surface area contributed by atoms with Crippen molar-refractivity contribution in [2.75, 3.05) is 45.3 Å². The first-order valence-electron chi connectivity index (χ1n) is 8.11. The van der Waals surface area contributed by atoms with Gasteiger partial charge >= 0.3 is 0 Å². The summed E-state index contributed by atoms with van der Waals surface area (Å²) in [6, 6.07) is 16.0. The highest BCUT2D eigenvalue weighted by molar-refractivity contribution is 5.83. The number of anilines is 1. The van der Waals surface area contributed by atoms with Gasteiger partial charge in [-0.3, -0.25) is 5.01 Å². The van der Waals surface area contributed by atoms with Crippen LogP contribution in [0.1, 0.15) is 5.56 Å². The number of piperazine rings is 1. The summed E-state index contributed by atoms with van der Waals surface area (Å²) in [7, 11) is 3.39. The fourth-order valence-corrected chi connectivity index (χ4v) is 2.86. The zero-order valence-corrected chi connectivity index (χ0v) is 14.2. The van der Waals surface area contributed by atoms with E-state index in [1.807, 2.05) is 48.7 Å². The van der Waals surface area contributed by atoms with E-state index in [9.17, 15) is 0 Å². The second-order valence-electron chi connectivity index (χ2n) is 5.60. The van der Waals surface area contributed by atoms with Crippen LogP contribution in [-0.2, 0) is 0 Å². The largest absolute Gasteiger partial charge is 0.496 e. The van der Waals surface area contributed by atoms with E-state index in [4.69, 9.17) is 9.47 Å². The molecule has 1 aliphatic rings. The van der Waals surface area contributed by atoms with Gasteiger partial charge in [0.05, 0.1) is 39.2 Å². The van der Waals surface area contributed by atoms with Gasteiger partial charge in [0.15, 0.2) is 0 Å². The molecule has 3 rings (SSSR count). The summed E-state index contributed by atoms with van der Waals surface area (Å²) in [6.45, 7) is 3.60. The predicted molar refractivity (Wildman–Crippen MR) is 97.4 cm³/mol. The minimum atomic E-state index is 0.842. The maximum Gasteiger partial charge on any atom is 0.142 e. The maximum atomic E-state index is 5.46. The van der Waals surface area contributed by atoms with E-state index in [1.54, 1.807) is 14.2 Å². The molecule has 2 aromatic rings.